The highest BCUT2D eigenvalue weighted by molar-refractivity contribution is 5.69. The van der Waals surface area contributed by atoms with Gasteiger partial charge in [0.05, 0.1) is 0 Å². The van der Waals surface area contributed by atoms with E-state index in [1.54, 1.807) is 13.0 Å². The van der Waals surface area contributed by atoms with Crippen LogP contribution in [0.15, 0.2) is 30.3 Å². The lowest BCUT2D eigenvalue weighted by atomic mass is 9.93. The van der Waals surface area contributed by atoms with E-state index in [4.69, 9.17) is 9.47 Å². The highest BCUT2D eigenvalue weighted by Crippen LogP contribution is 2.43. The fourth-order valence-corrected chi connectivity index (χ4v) is 2.80. The number of benzene rings is 2. The van der Waals surface area contributed by atoms with Crippen LogP contribution in [-0.4, -0.2) is 32.5 Å². The smallest absolute Gasteiger partial charge is 0.305 e. The Morgan fingerprint density at radius 1 is 1.12 bits per heavy atom. The first kappa shape index (κ1) is 16.8. The molecular weight excluding hydrogens is 328 g/mol. The van der Waals surface area contributed by atoms with E-state index in [9.17, 15) is 25.2 Å². The maximum absolute atomic E-state index is 11.8. The molecule has 0 saturated heterocycles. The van der Waals surface area contributed by atoms with Gasteiger partial charge in [-0.3, -0.25) is 4.79 Å². The molecule has 0 radical (unpaired) electrons. The standard InChI is InChI=1S/C18H18O7/c1-2-17(23)24-16-8-11-13(21)6-10(19)7-15(11)25-18(16)9-3-4-12(20)14(22)5-9/h3-7,16,18-22H,2,8H2,1H3. The van der Waals surface area contributed by atoms with Crippen LogP contribution in [0.5, 0.6) is 28.7 Å². The molecule has 7 heteroatoms. The summed E-state index contributed by atoms with van der Waals surface area (Å²) in [5.74, 6) is -1.09. The molecule has 0 aromatic heterocycles. The van der Waals surface area contributed by atoms with E-state index in [1.165, 1.54) is 24.3 Å². The van der Waals surface area contributed by atoms with Crippen LogP contribution in [0.25, 0.3) is 0 Å². The monoisotopic (exact) mass is 346 g/mol. The second-order valence-corrected chi connectivity index (χ2v) is 5.81. The van der Waals surface area contributed by atoms with Crippen molar-refractivity contribution in [3.05, 3.63) is 41.5 Å². The topological polar surface area (TPSA) is 116 Å². The Hall–Kier alpha value is -3.09. The van der Waals surface area contributed by atoms with Gasteiger partial charge in [0.25, 0.3) is 0 Å². The zero-order valence-corrected chi connectivity index (χ0v) is 13.5. The molecule has 0 saturated carbocycles. The van der Waals surface area contributed by atoms with Crippen molar-refractivity contribution in [1.29, 1.82) is 0 Å². The van der Waals surface area contributed by atoms with E-state index in [0.717, 1.165) is 0 Å². The zero-order valence-electron chi connectivity index (χ0n) is 13.5. The van der Waals surface area contributed by atoms with E-state index >= 15 is 0 Å². The Kier molecular flexibility index (Phi) is 4.31. The first-order chi connectivity index (χ1) is 11.9. The lowest BCUT2D eigenvalue weighted by Gasteiger charge is -2.34. The molecule has 0 spiro atoms. The summed E-state index contributed by atoms with van der Waals surface area (Å²) in [6.07, 6.45) is -1.15. The Morgan fingerprint density at radius 2 is 1.88 bits per heavy atom. The SMILES string of the molecule is CCC(=O)OC1Cc2c(O)cc(O)cc2OC1c1ccc(O)c(O)c1. The van der Waals surface area contributed by atoms with Crippen molar-refractivity contribution in [2.24, 2.45) is 0 Å². The number of hydrogen-bond acceptors (Lipinski definition) is 7. The Bertz CT molecular complexity index is 815. The molecule has 132 valence electrons. The van der Waals surface area contributed by atoms with Crippen LogP contribution < -0.4 is 4.74 Å². The number of esters is 1. The fourth-order valence-electron chi connectivity index (χ4n) is 2.80. The summed E-state index contributed by atoms with van der Waals surface area (Å²) >= 11 is 0. The first-order valence-electron chi connectivity index (χ1n) is 7.82. The number of carbonyl (C=O) groups excluding carboxylic acids is 1. The van der Waals surface area contributed by atoms with Crippen molar-refractivity contribution in [2.75, 3.05) is 0 Å². The summed E-state index contributed by atoms with van der Waals surface area (Å²) in [5.41, 5.74) is 0.906. The second-order valence-electron chi connectivity index (χ2n) is 5.81. The van der Waals surface area contributed by atoms with Gasteiger partial charge in [-0.15, -0.1) is 0 Å². The highest BCUT2D eigenvalue weighted by Gasteiger charge is 2.36. The molecule has 7 nitrogen and oxygen atoms in total. The molecule has 0 aliphatic carbocycles. The van der Waals surface area contributed by atoms with E-state index < -0.39 is 18.2 Å². The Balaban J connectivity index is 2.02. The Labute approximate surface area is 143 Å². The van der Waals surface area contributed by atoms with Crippen molar-refractivity contribution in [3.63, 3.8) is 0 Å². The summed E-state index contributed by atoms with van der Waals surface area (Å²) in [7, 11) is 0. The third-order valence-electron chi connectivity index (χ3n) is 4.07. The van der Waals surface area contributed by atoms with Crippen molar-refractivity contribution in [2.45, 2.75) is 32.0 Å². The van der Waals surface area contributed by atoms with Crippen LogP contribution in [0.2, 0.25) is 0 Å². The first-order valence-corrected chi connectivity index (χ1v) is 7.82. The van der Waals surface area contributed by atoms with Gasteiger partial charge in [-0.05, 0) is 12.1 Å². The van der Waals surface area contributed by atoms with E-state index in [0.29, 0.717) is 11.1 Å². The van der Waals surface area contributed by atoms with Gasteiger partial charge in [0.1, 0.15) is 23.4 Å². The molecule has 0 amide bonds. The highest BCUT2D eigenvalue weighted by atomic mass is 16.6. The number of phenolic OH excluding ortho intramolecular Hbond substituents is 4. The summed E-state index contributed by atoms with van der Waals surface area (Å²) in [6, 6.07) is 6.72. The molecule has 3 rings (SSSR count). The number of aromatic hydroxyl groups is 4. The third kappa shape index (κ3) is 3.26. The molecule has 2 unspecified atom stereocenters. The van der Waals surface area contributed by atoms with E-state index in [2.05, 4.69) is 0 Å². The number of phenols is 4. The molecule has 1 aliphatic heterocycles. The van der Waals surface area contributed by atoms with Gasteiger partial charge in [-0.25, -0.2) is 0 Å². The summed E-state index contributed by atoms with van der Waals surface area (Å²) < 4.78 is 11.3. The van der Waals surface area contributed by atoms with Crippen LogP contribution in [-0.2, 0) is 16.0 Å². The summed E-state index contributed by atoms with van der Waals surface area (Å²) in [6.45, 7) is 1.66. The van der Waals surface area contributed by atoms with Gasteiger partial charge in [-0.1, -0.05) is 13.0 Å². The van der Waals surface area contributed by atoms with Gasteiger partial charge in [0.15, 0.2) is 17.6 Å². The molecule has 2 aromatic carbocycles. The minimum atomic E-state index is -0.768. The van der Waals surface area contributed by atoms with Crippen LogP contribution in [0.4, 0.5) is 0 Å². The minimum absolute atomic E-state index is 0.153. The second kappa shape index (κ2) is 6.43. The molecule has 0 bridgehead atoms. The average molecular weight is 346 g/mol. The molecule has 1 aliphatic rings. The lowest BCUT2D eigenvalue weighted by molar-refractivity contribution is -0.154. The number of hydrogen-bond donors (Lipinski definition) is 4. The molecule has 2 atom stereocenters. The number of ether oxygens (including phenoxy) is 2. The molecular formula is C18H18O7. The molecule has 1 heterocycles. The van der Waals surface area contributed by atoms with Crippen LogP contribution >= 0.6 is 0 Å². The van der Waals surface area contributed by atoms with E-state index in [-0.39, 0.29) is 41.6 Å². The largest absolute Gasteiger partial charge is 0.508 e. The van der Waals surface area contributed by atoms with Gasteiger partial charge >= 0.3 is 5.97 Å². The minimum Gasteiger partial charge on any atom is -0.508 e. The maximum Gasteiger partial charge on any atom is 0.305 e. The normalized spacial score (nSPS) is 18.9. The van der Waals surface area contributed by atoms with Crippen molar-refractivity contribution < 1.29 is 34.7 Å². The summed E-state index contributed by atoms with van der Waals surface area (Å²) in [4.78, 5) is 11.8. The average Bonchev–Trinajstić information content (AvgIpc) is 2.57. The van der Waals surface area contributed by atoms with Crippen LogP contribution in [0, 0.1) is 0 Å². The predicted molar refractivity (Wildman–Crippen MR) is 86.8 cm³/mol. The number of fused-ring (bicyclic) bond motifs is 1. The van der Waals surface area contributed by atoms with Crippen molar-refractivity contribution >= 4 is 5.97 Å². The van der Waals surface area contributed by atoms with Crippen molar-refractivity contribution in [3.8, 4) is 28.7 Å². The van der Waals surface area contributed by atoms with Gasteiger partial charge in [-0.2, -0.15) is 0 Å². The fraction of sp³-hybridized carbons (Fsp3) is 0.278. The van der Waals surface area contributed by atoms with Gasteiger partial charge in [0.2, 0.25) is 0 Å². The molecule has 4 N–H and O–H groups in total. The van der Waals surface area contributed by atoms with Crippen LogP contribution in [0.1, 0.15) is 30.6 Å². The predicted octanol–water partition coefficient (Wildman–Crippen LogP) is 2.51. The number of rotatable bonds is 3. The molecule has 2 aromatic rings. The maximum atomic E-state index is 11.8. The zero-order chi connectivity index (χ0) is 18.1. The van der Waals surface area contributed by atoms with Gasteiger partial charge in [0, 0.05) is 36.1 Å². The quantitative estimate of drug-likeness (QED) is 0.498. The summed E-state index contributed by atoms with van der Waals surface area (Å²) in [5, 5.41) is 38.9. The molecule has 25 heavy (non-hydrogen) atoms. The van der Waals surface area contributed by atoms with Gasteiger partial charge < -0.3 is 29.9 Å². The van der Waals surface area contributed by atoms with Crippen LogP contribution in [0.3, 0.4) is 0 Å². The lowest BCUT2D eigenvalue weighted by Crippen LogP contribution is -2.34. The number of carbonyl (C=O) groups is 1. The Morgan fingerprint density at radius 3 is 2.56 bits per heavy atom. The van der Waals surface area contributed by atoms with Crippen molar-refractivity contribution in [1.82, 2.24) is 0 Å². The van der Waals surface area contributed by atoms with E-state index in [1.807, 2.05) is 0 Å². The third-order valence-corrected chi connectivity index (χ3v) is 4.07. The molecule has 0 fully saturated rings.